The molecule has 0 saturated heterocycles. The van der Waals surface area contributed by atoms with Crippen LogP contribution in [0, 0.1) is 5.82 Å². The molecular formula is C12H13FN4O2. The van der Waals surface area contributed by atoms with Crippen LogP contribution in [-0.2, 0) is 0 Å². The molecule has 0 radical (unpaired) electrons. The largest absolute Gasteiger partial charge is 0.461 e. The molecule has 0 amide bonds. The lowest BCUT2D eigenvalue weighted by molar-refractivity contribution is 0.219. The Kier molecular flexibility index (Phi) is 3.74. The number of anilines is 1. The van der Waals surface area contributed by atoms with Gasteiger partial charge in [0.2, 0.25) is 5.95 Å². The molecule has 0 bridgehead atoms. The van der Waals surface area contributed by atoms with Gasteiger partial charge in [0, 0.05) is 6.07 Å². The highest BCUT2D eigenvalue weighted by Gasteiger charge is 2.09. The van der Waals surface area contributed by atoms with Gasteiger partial charge in [-0.25, -0.2) is 4.39 Å². The standard InChI is InChI=1S/C12H13FN4O2/c1-7(2)18-11-15-10(14)16-12(17-11)19-9-5-3-4-8(13)6-9/h3-7H,1-2H3,(H2,14,15,16,17). The third kappa shape index (κ3) is 3.77. The molecule has 1 aromatic carbocycles. The summed E-state index contributed by atoms with van der Waals surface area (Å²) in [5.41, 5.74) is 5.52. The predicted octanol–water partition coefficient (Wildman–Crippen LogP) is 2.17. The number of benzene rings is 1. The van der Waals surface area contributed by atoms with E-state index >= 15 is 0 Å². The van der Waals surface area contributed by atoms with Crippen LogP contribution in [0.4, 0.5) is 10.3 Å². The van der Waals surface area contributed by atoms with E-state index in [1.54, 1.807) is 6.07 Å². The maximum Gasteiger partial charge on any atom is 0.330 e. The molecule has 6 nitrogen and oxygen atoms in total. The molecule has 0 atom stereocenters. The molecule has 1 aromatic heterocycles. The lowest BCUT2D eigenvalue weighted by atomic mass is 10.3. The van der Waals surface area contributed by atoms with Gasteiger partial charge in [0.25, 0.3) is 0 Å². The van der Waals surface area contributed by atoms with Crippen LogP contribution in [0.25, 0.3) is 0 Å². The van der Waals surface area contributed by atoms with E-state index in [2.05, 4.69) is 15.0 Å². The molecule has 19 heavy (non-hydrogen) atoms. The van der Waals surface area contributed by atoms with Crippen molar-refractivity contribution in [1.82, 2.24) is 15.0 Å². The SMILES string of the molecule is CC(C)Oc1nc(N)nc(Oc2cccc(F)c2)n1. The number of nitrogens with zero attached hydrogens (tertiary/aromatic N) is 3. The van der Waals surface area contributed by atoms with Crippen LogP contribution in [0.5, 0.6) is 17.8 Å². The molecule has 0 aliphatic rings. The zero-order valence-electron chi connectivity index (χ0n) is 10.5. The van der Waals surface area contributed by atoms with Gasteiger partial charge >= 0.3 is 12.0 Å². The smallest absolute Gasteiger partial charge is 0.330 e. The molecule has 0 aliphatic carbocycles. The summed E-state index contributed by atoms with van der Waals surface area (Å²) in [6.45, 7) is 3.65. The maximum absolute atomic E-state index is 13.0. The van der Waals surface area contributed by atoms with E-state index in [0.29, 0.717) is 0 Å². The molecule has 2 aromatic rings. The van der Waals surface area contributed by atoms with Gasteiger partial charge in [0.15, 0.2) is 0 Å². The van der Waals surface area contributed by atoms with Gasteiger partial charge in [-0.2, -0.15) is 9.97 Å². The monoisotopic (exact) mass is 264 g/mol. The summed E-state index contributed by atoms with van der Waals surface area (Å²) in [4.78, 5) is 11.5. The average molecular weight is 264 g/mol. The van der Waals surface area contributed by atoms with Crippen LogP contribution in [0.2, 0.25) is 0 Å². The lowest BCUT2D eigenvalue weighted by Crippen LogP contribution is -2.11. The fraction of sp³-hybridized carbons (Fsp3) is 0.250. The van der Waals surface area contributed by atoms with Crippen molar-refractivity contribution in [2.45, 2.75) is 20.0 Å². The fourth-order valence-electron chi connectivity index (χ4n) is 1.30. The maximum atomic E-state index is 13.0. The molecule has 0 spiro atoms. The Morgan fingerprint density at radius 3 is 2.58 bits per heavy atom. The Hall–Kier alpha value is -2.44. The van der Waals surface area contributed by atoms with E-state index in [-0.39, 0.29) is 29.8 Å². The van der Waals surface area contributed by atoms with Gasteiger partial charge in [-0.1, -0.05) is 6.07 Å². The Morgan fingerprint density at radius 2 is 1.89 bits per heavy atom. The molecule has 0 aliphatic heterocycles. The number of aromatic nitrogens is 3. The molecule has 1 heterocycles. The van der Waals surface area contributed by atoms with Crippen molar-refractivity contribution in [2.24, 2.45) is 0 Å². The molecule has 2 N–H and O–H groups in total. The summed E-state index contributed by atoms with van der Waals surface area (Å²) in [7, 11) is 0. The number of hydrogen-bond donors (Lipinski definition) is 1. The zero-order valence-corrected chi connectivity index (χ0v) is 10.5. The predicted molar refractivity (Wildman–Crippen MR) is 66.5 cm³/mol. The summed E-state index contributed by atoms with van der Waals surface area (Å²) in [5.74, 6) is -0.184. The van der Waals surface area contributed by atoms with Crippen molar-refractivity contribution in [3.05, 3.63) is 30.1 Å². The zero-order chi connectivity index (χ0) is 13.8. The summed E-state index contributed by atoms with van der Waals surface area (Å²) >= 11 is 0. The summed E-state index contributed by atoms with van der Waals surface area (Å²) in [5, 5.41) is 0. The van der Waals surface area contributed by atoms with Gasteiger partial charge < -0.3 is 15.2 Å². The van der Waals surface area contributed by atoms with E-state index in [1.807, 2.05) is 13.8 Å². The number of halogens is 1. The molecular weight excluding hydrogens is 251 g/mol. The second-order valence-corrected chi connectivity index (χ2v) is 3.98. The fourth-order valence-corrected chi connectivity index (χ4v) is 1.30. The molecule has 0 fully saturated rings. The minimum atomic E-state index is -0.418. The van der Waals surface area contributed by atoms with Gasteiger partial charge in [0.1, 0.15) is 11.6 Å². The van der Waals surface area contributed by atoms with Gasteiger partial charge in [-0.3, -0.25) is 0 Å². The minimum absolute atomic E-state index is 0.0305. The Bertz CT molecular complexity index is 577. The van der Waals surface area contributed by atoms with E-state index in [1.165, 1.54) is 18.2 Å². The molecule has 0 saturated carbocycles. The quantitative estimate of drug-likeness (QED) is 0.911. The first-order valence-corrected chi connectivity index (χ1v) is 5.64. The Morgan fingerprint density at radius 1 is 1.16 bits per heavy atom. The number of ether oxygens (including phenoxy) is 2. The summed E-state index contributed by atoms with van der Waals surface area (Å²) in [6.07, 6.45) is -0.108. The second kappa shape index (κ2) is 5.47. The van der Waals surface area contributed by atoms with Crippen LogP contribution in [-0.4, -0.2) is 21.1 Å². The molecule has 100 valence electrons. The van der Waals surface area contributed by atoms with Crippen molar-refractivity contribution in [1.29, 1.82) is 0 Å². The lowest BCUT2D eigenvalue weighted by Gasteiger charge is -2.09. The number of nitrogen functional groups attached to an aromatic ring is 1. The minimum Gasteiger partial charge on any atom is -0.461 e. The van der Waals surface area contributed by atoms with Gasteiger partial charge in [0.05, 0.1) is 6.10 Å². The number of nitrogens with two attached hydrogens (primary N) is 1. The van der Waals surface area contributed by atoms with Crippen LogP contribution < -0.4 is 15.2 Å². The van der Waals surface area contributed by atoms with Crippen LogP contribution >= 0.6 is 0 Å². The van der Waals surface area contributed by atoms with Crippen molar-refractivity contribution in [3.63, 3.8) is 0 Å². The second-order valence-electron chi connectivity index (χ2n) is 3.98. The van der Waals surface area contributed by atoms with E-state index in [4.69, 9.17) is 15.2 Å². The number of hydrogen-bond acceptors (Lipinski definition) is 6. The van der Waals surface area contributed by atoms with Crippen LogP contribution in [0.1, 0.15) is 13.8 Å². The molecule has 2 rings (SSSR count). The Labute approximate surface area is 109 Å². The van der Waals surface area contributed by atoms with Crippen molar-refractivity contribution < 1.29 is 13.9 Å². The first-order chi connectivity index (χ1) is 9.02. The highest BCUT2D eigenvalue weighted by Crippen LogP contribution is 2.20. The first kappa shape index (κ1) is 13.0. The Balaban J connectivity index is 2.22. The van der Waals surface area contributed by atoms with E-state index < -0.39 is 5.82 Å². The topological polar surface area (TPSA) is 83.2 Å². The molecule has 0 unspecified atom stereocenters. The first-order valence-electron chi connectivity index (χ1n) is 5.64. The van der Waals surface area contributed by atoms with Crippen molar-refractivity contribution >= 4 is 5.95 Å². The third-order valence-corrected chi connectivity index (χ3v) is 1.96. The summed E-state index contributed by atoms with van der Waals surface area (Å²) < 4.78 is 23.6. The van der Waals surface area contributed by atoms with Crippen molar-refractivity contribution in [3.8, 4) is 17.8 Å². The highest BCUT2D eigenvalue weighted by molar-refractivity contribution is 5.27. The normalized spacial score (nSPS) is 10.5. The number of rotatable bonds is 4. The summed E-state index contributed by atoms with van der Waals surface area (Å²) in [6, 6.07) is 5.63. The average Bonchev–Trinajstić information content (AvgIpc) is 2.26. The highest BCUT2D eigenvalue weighted by atomic mass is 19.1. The van der Waals surface area contributed by atoms with Crippen molar-refractivity contribution in [2.75, 3.05) is 5.73 Å². The van der Waals surface area contributed by atoms with Crippen LogP contribution in [0.3, 0.4) is 0 Å². The third-order valence-electron chi connectivity index (χ3n) is 1.96. The van der Waals surface area contributed by atoms with E-state index in [0.717, 1.165) is 0 Å². The van der Waals surface area contributed by atoms with Gasteiger partial charge in [-0.15, -0.1) is 4.98 Å². The van der Waals surface area contributed by atoms with Crippen LogP contribution in [0.15, 0.2) is 24.3 Å². The molecule has 7 heteroatoms. The van der Waals surface area contributed by atoms with Gasteiger partial charge in [-0.05, 0) is 26.0 Å². The van der Waals surface area contributed by atoms with E-state index in [9.17, 15) is 4.39 Å².